The summed E-state index contributed by atoms with van der Waals surface area (Å²) in [7, 11) is 0. The summed E-state index contributed by atoms with van der Waals surface area (Å²) in [4.78, 5) is 23.4. The zero-order valence-electron chi connectivity index (χ0n) is 12.5. The molecule has 5 nitrogen and oxygen atoms in total. The van der Waals surface area contributed by atoms with Crippen molar-refractivity contribution in [2.75, 3.05) is 13.1 Å². The first-order chi connectivity index (χ1) is 8.97. The van der Waals surface area contributed by atoms with Gasteiger partial charge in [-0.25, -0.2) is 0 Å². The fraction of sp³-hybridized carbons (Fsp3) is 0.857. The molecule has 0 bridgehead atoms. The lowest BCUT2D eigenvalue weighted by molar-refractivity contribution is -0.128. The second kappa shape index (κ2) is 9.19. The zero-order chi connectivity index (χ0) is 14.3. The van der Waals surface area contributed by atoms with E-state index < -0.39 is 0 Å². The predicted molar refractivity (Wildman–Crippen MR) is 82.7 cm³/mol. The molecule has 6 heteroatoms. The van der Waals surface area contributed by atoms with Crippen LogP contribution in [0.2, 0.25) is 0 Å². The number of nitrogens with one attached hydrogen (secondary N) is 2. The molecule has 4 N–H and O–H groups in total. The molecule has 0 unspecified atom stereocenters. The Kier molecular flexibility index (Phi) is 8.81. The molecule has 20 heavy (non-hydrogen) atoms. The monoisotopic (exact) mass is 305 g/mol. The van der Waals surface area contributed by atoms with E-state index in [9.17, 15) is 9.59 Å². The molecule has 0 radical (unpaired) electrons. The summed E-state index contributed by atoms with van der Waals surface area (Å²) in [5.41, 5.74) is 5.80. The Hall–Kier alpha value is -0.810. The maximum absolute atomic E-state index is 11.9. The van der Waals surface area contributed by atoms with Crippen LogP contribution in [0.15, 0.2) is 0 Å². The van der Waals surface area contributed by atoms with E-state index in [0.717, 1.165) is 25.7 Å². The number of hydrogen-bond donors (Lipinski definition) is 3. The molecular formula is C14H28ClN3O2. The average molecular weight is 306 g/mol. The molecule has 0 atom stereocenters. The van der Waals surface area contributed by atoms with Crippen molar-refractivity contribution in [2.24, 2.45) is 11.1 Å². The standard InChI is InChI=1S/C14H27N3O2.ClH/c1-11(2)17-13(19)9-16-12(18)8-14(10-15)6-4-3-5-7-14;/h11H,3-10,15H2,1-2H3,(H,16,18)(H,17,19);1H. The Balaban J connectivity index is 0.00000361. The zero-order valence-corrected chi connectivity index (χ0v) is 13.4. The fourth-order valence-electron chi connectivity index (χ4n) is 2.71. The van der Waals surface area contributed by atoms with Crippen LogP contribution in [0.4, 0.5) is 0 Å². The highest BCUT2D eigenvalue weighted by Gasteiger charge is 2.32. The van der Waals surface area contributed by atoms with Gasteiger partial charge in [0.1, 0.15) is 0 Å². The molecule has 1 rings (SSSR count). The summed E-state index contributed by atoms with van der Waals surface area (Å²) in [6.07, 6.45) is 6.03. The molecule has 0 aliphatic heterocycles. The van der Waals surface area contributed by atoms with Crippen molar-refractivity contribution < 1.29 is 9.59 Å². The van der Waals surface area contributed by atoms with Crippen LogP contribution in [0, 0.1) is 5.41 Å². The Bertz CT molecular complexity index is 316. The molecule has 2 amide bonds. The smallest absolute Gasteiger partial charge is 0.239 e. The number of nitrogens with two attached hydrogens (primary N) is 1. The highest BCUT2D eigenvalue weighted by Crippen LogP contribution is 2.38. The summed E-state index contributed by atoms with van der Waals surface area (Å²) >= 11 is 0. The number of halogens is 1. The minimum Gasteiger partial charge on any atom is -0.352 e. The van der Waals surface area contributed by atoms with Crippen molar-refractivity contribution in [3.63, 3.8) is 0 Å². The summed E-state index contributed by atoms with van der Waals surface area (Å²) in [6, 6.07) is 0.0955. The van der Waals surface area contributed by atoms with Crippen molar-refractivity contribution in [1.82, 2.24) is 10.6 Å². The highest BCUT2D eigenvalue weighted by molar-refractivity contribution is 5.85. The lowest BCUT2D eigenvalue weighted by atomic mass is 9.71. The third-order valence-electron chi connectivity index (χ3n) is 3.78. The van der Waals surface area contributed by atoms with E-state index in [2.05, 4.69) is 10.6 Å². The molecule has 1 aliphatic carbocycles. The van der Waals surface area contributed by atoms with Crippen molar-refractivity contribution in [1.29, 1.82) is 0 Å². The molecule has 0 saturated heterocycles. The largest absolute Gasteiger partial charge is 0.352 e. The predicted octanol–water partition coefficient (Wildman–Crippen LogP) is 1.35. The van der Waals surface area contributed by atoms with Gasteiger partial charge >= 0.3 is 0 Å². The minimum absolute atomic E-state index is 0. The van der Waals surface area contributed by atoms with Crippen LogP contribution >= 0.6 is 12.4 Å². The maximum atomic E-state index is 11.9. The third kappa shape index (κ3) is 6.57. The van der Waals surface area contributed by atoms with Crippen LogP contribution in [-0.4, -0.2) is 30.9 Å². The normalized spacial score (nSPS) is 17.2. The fourth-order valence-corrected chi connectivity index (χ4v) is 2.71. The van der Waals surface area contributed by atoms with Crippen LogP contribution in [0.1, 0.15) is 52.4 Å². The third-order valence-corrected chi connectivity index (χ3v) is 3.78. The van der Waals surface area contributed by atoms with Crippen LogP contribution < -0.4 is 16.4 Å². The van der Waals surface area contributed by atoms with Crippen molar-refractivity contribution >= 4 is 24.2 Å². The van der Waals surface area contributed by atoms with E-state index >= 15 is 0 Å². The molecule has 0 heterocycles. The Morgan fingerprint density at radius 3 is 2.25 bits per heavy atom. The van der Waals surface area contributed by atoms with Gasteiger partial charge in [-0.2, -0.15) is 0 Å². The summed E-state index contributed by atoms with van der Waals surface area (Å²) in [5.74, 6) is -0.208. The number of hydrogen-bond acceptors (Lipinski definition) is 3. The van der Waals surface area contributed by atoms with E-state index in [1.54, 1.807) is 0 Å². The van der Waals surface area contributed by atoms with E-state index in [0.29, 0.717) is 13.0 Å². The molecule has 0 aromatic rings. The summed E-state index contributed by atoms with van der Waals surface area (Å²) < 4.78 is 0. The lowest BCUT2D eigenvalue weighted by Crippen LogP contribution is -2.43. The van der Waals surface area contributed by atoms with Crippen LogP contribution in [0.5, 0.6) is 0 Å². The van der Waals surface area contributed by atoms with Gasteiger partial charge in [0.15, 0.2) is 0 Å². The van der Waals surface area contributed by atoms with Gasteiger partial charge in [0.2, 0.25) is 11.8 Å². The molecule has 1 saturated carbocycles. The van der Waals surface area contributed by atoms with E-state index in [1.807, 2.05) is 13.8 Å². The highest BCUT2D eigenvalue weighted by atomic mass is 35.5. The number of amides is 2. The number of rotatable bonds is 6. The van der Waals surface area contributed by atoms with Gasteiger partial charge in [0.05, 0.1) is 6.54 Å². The molecule has 1 aliphatic rings. The SMILES string of the molecule is CC(C)NC(=O)CNC(=O)CC1(CN)CCCCC1.Cl. The van der Waals surface area contributed by atoms with E-state index in [-0.39, 0.29) is 42.2 Å². The second-order valence-electron chi connectivity index (χ2n) is 5.94. The first-order valence-corrected chi connectivity index (χ1v) is 7.23. The van der Waals surface area contributed by atoms with Gasteiger partial charge in [-0.1, -0.05) is 19.3 Å². The Morgan fingerprint density at radius 1 is 1.15 bits per heavy atom. The minimum atomic E-state index is -0.145. The van der Waals surface area contributed by atoms with Crippen molar-refractivity contribution in [2.45, 2.75) is 58.4 Å². The van der Waals surface area contributed by atoms with Gasteiger partial charge in [0, 0.05) is 12.5 Å². The Labute approximate surface area is 127 Å². The molecule has 1 fully saturated rings. The maximum Gasteiger partial charge on any atom is 0.239 e. The van der Waals surface area contributed by atoms with Crippen LogP contribution in [0.3, 0.4) is 0 Å². The lowest BCUT2D eigenvalue weighted by Gasteiger charge is -2.35. The first-order valence-electron chi connectivity index (χ1n) is 7.23. The van der Waals surface area contributed by atoms with Gasteiger partial charge in [0.25, 0.3) is 0 Å². The number of carbonyl (C=O) groups excluding carboxylic acids is 2. The molecule has 0 aromatic carbocycles. The van der Waals surface area contributed by atoms with E-state index in [4.69, 9.17) is 5.73 Å². The quantitative estimate of drug-likeness (QED) is 0.692. The molecule has 118 valence electrons. The topological polar surface area (TPSA) is 84.2 Å². The average Bonchev–Trinajstić information content (AvgIpc) is 2.37. The molecular weight excluding hydrogens is 278 g/mol. The molecule has 0 spiro atoms. The van der Waals surface area contributed by atoms with Crippen molar-refractivity contribution in [3.05, 3.63) is 0 Å². The van der Waals surface area contributed by atoms with Gasteiger partial charge in [-0.3, -0.25) is 9.59 Å². The first kappa shape index (κ1) is 19.2. The van der Waals surface area contributed by atoms with Gasteiger partial charge < -0.3 is 16.4 Å². The van der Waals surface area contributed by atoms with Crippen molar-refractivity contribution in [3.8, 4) is 0 Å². The van der Waals surface area contributed by atoms with Gasteiger partial charge in [-0.15, -0.1) is 12.4 Å². The van der Waals surface area contributed by atoms with Crippen LogP contribution in [0.25, 0.3) is 0 Å². The van der Waals surface area contributed by atoms with Crippen LogP contribution in [-0.2, 0) is 9.59 Å². The van der Waals surface area contributed by atoms with Gasteiger partial charge in [-0.05, 0) is 38.6 Å². The second-order valence-corrected chi connectivity index (χ2v) is 5.94. The molecule has 0 aromatic heterocycles. The van der Waals surface area contributed by atoms with E-state index in [1.165, 1.54) is 6.42 Å². The summed E-state index contributed by atoms with van der Waals surface area (Å²) in [6.45, 7) is 4.40. The Morgan fingerprint density at radius 2 is 1.75 bits per heavy atom. The summed E-state index contributed by atoms with van der Waals surface area (Å²) in [5, 5.41) is 5.43. The number of carbonyl (C=O) groups is 2.